The minimum absolute atomic E-state index is 0.212. The highest BCUT2D eigenvalue weighted by Gasteiger charge is 2.13. The summed E-state index contributed by atoms with van der Waals surface area (Å²) in [6.07, 6.45) is 1.62. The van der Waals surface area contributed by atoms with Crippen molar-refractivity contribution in [2.24, 2.45) is 5.73 Å². The highest BCUT2D eigenvalue weighted by atomic mass is 19.1. The van der Waals surface area contributed by atoms with Crippen molar-refractivity contribution in [3.8, 4) is 22.8 Å². The summed E-state index contributed by atoms with van der Waals surface area (Å²) in [5, 5.41) is 3.80. The van der Waals surface area contributed by atoms with Gasteiger partial charge in [-0.1, -0.05) is 17.3 Å². The maximum Gasteiger partial charge on any atom is 0.258 e. The number of halogens is 1. The molecular formula is C14H11FN4O. The van der Waals surface area contributed by atoms with E-state index in [9.17, 15) is 4.39 Å². The molecule has 20 heavy (non-hydrogen) atoms. The van der Waals surface area contributed by atoms with Crippen LogP contribution in [0, 0.1) is 5.82 Å². The Morgan fingerprint density at radius 3 is 2.85 bits per heavy atom. The lowest BCUT2D eigenvalue weighted by atomic mass is 10.2. The predicted molar refractivity (Wildman–Crippen MR) is 70.8 cm³/mol. The van der Waals surface area contributed by atoms with Gasteiger partial charge in [0.2, 0.25) is 5.82 Å². The first-order valence-electron chi connectivity index (χ1n) is 6.02. The van der Waals surface area contributed by atoms with Crippen molar-refractivity contribution in [3.05, 3.63) is 54.1 Å². The molecule has 2 heterocycles. The molecule has 0 bridgehead atoms. The summed E-state index contributed by atoms with van der Waals surface area (Å²) >= 11 is 0. The quantitative estimate of drug-likeness (QED) is 0.790. The zero-order valence-corrected chi connectivity index (χ0v) is 10.5. The molecule has 2 N–H and O–H groups in total. The zero-order chi connectivity index (χ0) is 13.9. The van der Waals surface area contributed by atoms with Crippen molar-refractivity contribution in [1.82, 2.24) is 15.1 Å². The Labute approximate surface area is 114 Å². The topological polar surface area (TPSA) is 77.8 Å². The van der Waals surface area contributed by atoms with E-state index < -0.39 is 5.82 Å². The van der Waals surface area contributed by atoms with Crippen LogP contribution < -0.4 is 5.73 Å². The molecule has 0 radical (unpaired) electrons. The summed E-state index contributed by atoms with van der Waals surface area (Å²) in [5.41, 5.74) is 7.26. The van der Waals surface area contributed by atoms with Crippen LogP contribution in [0.25, 0.3) is 22.8 Å². The number of benzene rings is 1. The van der Waals surface area contributed by atoms with Gasteiger partial charge in [-0.25, -0.2) is 4.39 Å². The van der Waals surface area contributed by atoms with Gasteiger partial charge in [-0.05, 0) is 24.3 Å². The Kier molecular flexibility index (Phi) is 3.22. The number of nitrogens with two attached hydrogens (primary N) is 1. The van der Waals surface area contributed by atoms with Gasteiger partial charge in [0.1, 0.15) is 5.82 Å². The summed E-state index contributed by atoms with van der Waals surface area (Å²) < 4.78 is 18.8. The van der Waals surface area contributed by atoms with Crippen molar-refractivity contribution in [3.63, 3.8) is 0 Å². The third kappa shape index (κ3) is 2.28. The van der Waals surface area contributed by atoms with Crippen LogP contribution in [0.1, 0.15) is 5.69 Å². The van der Waals surface area contributed by atoms with Crippen molar-refractivity contribution in [2.45, 2.75) is 6.54 Å². The molecule has 3 aromatic rings. The van der Waals surface area contributed by atoms with Crippen molar-refractivity contribution in [2.75, 3.05) is 0 Å². The van der Waals surface area contributed by atoms with Crippen LogP contribution in [0.15, 0.2) is 47.1 Å². The van der Waals surface area contributed by atoms with E-state index >= 15 is 0 Å². The van der Waals surface area contributed by atoms with Gasteiger partial charge in [0, 0.05) is 18.3 Å². The molecule has 3 rings (SSSR count). The molecule has 0 aliphatic carbocycles. The molecule has 0 amide bonds. The van der Waals surface area contributed by atoms with E-state index in [1.54, 1.807) is 36.5 Å². The minimum Gasteiger partial charge on any atom is -0.334 e. The molecule has 0 atom stereocenters. The Morgan fingerprint density at radius 1 is 1.20 bits per heavy atom. The highest BCUT2D eigenvalue weighted by molar-refractivity contribution is 5.60. The van der Waals surface area contributed by atoms with E-state index in [1.165, 1.54) is 6.07 Å². The second-order valence-electron chi connectivity index (χ2n) is 4.14. The summed E-state index contributed by atoms with van der Waals surface area (Å²) in [5.74, 6) is 0.127. The Morgan fingerprint density at radius 2 is 2.05 bits per heavy atom. The average molecular weight is 270 g/mol. The Balaban J connectivity index is 2.00. The lowest BCUT2D eigenvalue weighted by Gasteiger charge is -1.97. The van der Waals surface area contributed by atoms with Crippen LogP contribution in [-0.4, -0.2) is 15.1 Å². The summed E-state index contributed by atoms with van der Waals surface area (Å²) in [4.78, 5) is 8.29. The molecule has 0 aliphatic rings. The standard InChI is InChI=1S/C14H11FN4O/c15-12-4-2-1-3-11(12)13-18-14(20-19-13)9-5-6-17-10(7-9)8-16/h1-7H,8,16H2. The minimum atomic E-state index is -0.391. The molecule has 2 aromatic heterocycles. The highest BCUT2D eigenvalue weighted by Crippen LogP contribution is 2.23. The Bertz CT molecular complexity index is 741. The predicted octanol–water partition coefficient (Wildman–Crippen LogP) is 2.40. The van der Waals surface area contributed by atoms with E-state index in [-0.39, 0.29) is 5.82 Å². The second kappa shape index (κ2) is 5.18. The maximum absolute atomic E-state index is 13.7. The molecule has 0 saturated carbocycles. The molecule has 0 fully saturated rings. The van der Waals surface area contributed by atoms with Crippen molar-refractivity contribution in [1.29, 1.82) is 0 Å². The van der Waals surface area contributed by atoms with Crippen LogP contribution in [-0.2, 0) is 6.54 Å². The van der Waals surface area contributed by atoms with Crippen LogP contribution in [0.4, 0.5) is 4.39 Å². The largest absolute Gasteiger partial charge is 0.334 e. The first-order chi connectivity index (χ1) is 9.78. The smallest absolute Gasteiger partial charge is 0.258 e. The van der Waals surface area contributed by atoms with Gasteiger partial charge in [0.05, 0.1) is 11.3 Å². The third-order valence-corrected chi connectivity index (χ3v) is 2.81. The normalized spacial score (nSPS) is 10.7. The maximum atomic E-state index is 13.7. The fraction of sp³-hybridized carbons (Fsp3) is 0.0714. The van der Waals surface area contributed by atoms with Gasteiger partial charge in [0.25, 0.3) is 5.89 Å². The molecular weight excluding hydrogens is 259 g/mol. The monoisotopic (exact) mass is 270 g/mol. The van der Waals surface area contributed by atoms with Crippen LogP contribution in [0.3, 0.4) is 0 Å². The fourth-order valence-corrected chi connectivity index (χ4v) is 1.82. The van der Waals surface area contributed by atoms with Gasteiger partial charge < -0.3 is 10.3 Å². The summed E-state index contributed by atoms with van der Waals surface area (Å²) in [7, 11) is 0. The summed E-state index contributed by atoms with van der Waals surface area (Å²) in [6, 6.07) is 9.77. The first kappa shape index (κ1) is 12.4. The van der Waals surface area contributed by atoms with Crippen molar-refractivity contribution >= 4 is 0 Å². The van der Waals surface area contributed by atoms with E-state index in [1.807, 2.05) is 0 Å². The fourth-order valence-electron chi connectivity index (χ4n) is 1.82. The second-order valence-corrected chi connectivity index (χ2v) is 4.14. The first-order valence-corrected chi connectivity index (χ1v) is 6.02. The van der Waals surface area contributed by atoms with Gasteiger partial charge in [-0.15, -0.1) is 0 Å². The molecule has 100 valence electrons. The molecule has 0 aliphatic heterocycles. The van der Waals surface area contributed by atoms with Gasteiger partial charge in [0.15, 0.2) is 0 Å². The van der Waals surface area contributed by atoms with E-state index in [4.69, 9.17) is 10.3 Å². The van der Waals surface area contributed by atoms with Crippen LogP contribution in [0.5, 0.6) is 0 Å². The lowest BCUT2D eigenvalue weighted by Crippen LogP contribution is -1.98. The van der Waals surface area contributed by atoms with Gasteiger partial charge in [-0.2, -0.15) is 4.98 Å². The summed E-state index contributed by atoms with van der Waals surface area (Å²) in [6.45, 7) is 0.322. The number of pyridine rings is 1. The SMILES string of the molecule is NCc1cc(-c2nc(-c3ccccc3F)no2)ccn1. The third-order valence-electron chi connectivity index (χ3n) is 2.81. The number of rotatable bonds is 3. The van der Waals surface area contributed by atoms with E-state index in [2.05, 4.69) is 15.1 Å². The average Bonchev–Trinajstić information content (AvgIpc) is 2.97. The number of nitrogens with zero attached hydrogens (tertiary/aromatic N) is 3. The Hall–Kier alpha value is -2.60. The molecule has 1 aromatic carbocycles. The van der Waals surface area contributed by atoms with E-state index in [0.717, 1.165) is 0 Å². The number of hydrogen-bond acceptors (Lipinski definition) is 5. The molecule has 0 unspecified atom stereocenters. The molecule has 6 heteroatoms. The van der Waals surface area contributed by atoms with Gasteiger partial charge in [-0.3, -0.25) is 4.98 Å². The molecule has 0 saturated heterocycles. The molecule has 5 nitrogen and oxygen atoms in total. The number of hydrogen-bond donors (Lipinski definition) is 1. The number of aromatic nitrogens is 3. The van der Waals surface area contributed by atoms with Crippen molar-refractivity contribution < 1.29 is 8.91 Å². The van der Waals surface area contributed by atoms with Crippen LogP contribution in [0.2, 0.25) is 0 Å². The van der Waals surface area contributed by atoms with Crippen LogP contribution >= 0.6 is 0 Å². The zero-order valence-electron chi connectivity index (χ0n) is 10.5. The van der Waals surface area contributed by atoms with Gasteiger partial charge >= 0.3 is 0 Å². The molecule has 0 spiro atoms. The van der Waals surface area contributed by atoms with E-state index in [0.29, 0.717) is 29.3 Å². The lowest BCUT2D eigenvalue weighted by molar-refractivity contribution is 0.432.